The first-order valence-electron chi connectivity index (χ1n) is 13.3. The van der Waals surface area contributed by atoms with Crippen molar-refractivity contribution in [2.75, 3.05) is 56.1 Å². The van der Waals surface area contributed by atoms with Crippen LogP contribution in [-0.2, 0) is 11.3 Å². The number of piperidine rings is 1. The van der Waals surface area contributed by atoms with Crippen molar-refractivity contribution >= 4 is 28.1 Å². The second kappa shape index (κ2) is 13.4. The van der Waals surface area contributed by atoms with Crippen LogP contribution in [0, 0.1) is 5.92 Å². The first-order valence-corrected chi connectivity index (χ1v) is 14.1. The predicted molar refractivity (Wildman–Crippen MR) is 150 cm³/mol. The molecular weight excluding hydrogens is 486 g/mol. The molecule has 0 radical (unpaired) electrons. The zero-order chi connectivity index (χ0) is 26.0. The lowest BCUT2D eigenvalue weighted by Crippen LogP contribution is -2.42. The number of carbonyl (C=O) groups is 1. The molecule has 3 heterocycles. The topological polar surface area (TPSA) is 87.5 Å². The summed E-state index contributed by atoms with van der Waals surface area (Å²) in [5.74, 6) is 1.13. The molecule has 1 aliphatic rings. The number of benzene rings is 1. The lowest BCUT2D eigenvalue weighted by molar-refractivity contribution is -0.125. The number of hydrogen-bond acceptors (Lipinski definition) is 8. The molecule has 9 nitrogen and oxygen atoms in total. The summed E-state index contributed by atoms with van der Waals surface area (Å²) < 4.78 is 7.60. The summed E-state index contributed by atoms with van der Waals surface area (Å²) in [6.07, 6.45) is 3.70. The van der Waals surface area contributed by atoms with Gasteiger partial charge in [0.25, 0.3) is 0 Å². The van der Waals surface area contributed by atoms with Crippen molar-refractivity contribution in [2.45, 2.75) is 40.2 Å². The lowest BCUT2D eigenvalue weighted by atomic mass is 9.96. The van der Waals surface area contributed by atoms with Crippen molar-refractivity contribution in [1.29, 1.82) is 0 Å². The van der Waals surface area contributed by atoms with Crippen molar-refractivity contribution < 1.29 is 9.53 Å². The van der Waals surface area contributed by atoms with Crippen LogP contribution >= 0.6 is 11.3 Å². The van der Waals surface area contributed by atoms with Crippen molar-refractivity contribution in [3.63, 3.8) is 0 Å². The third-order valence-electron chi connectivity index (χ3n) is 6.84. The van der Waals surface area contributed by atoms with Crippen molar-refractivity contribution in [1.82, 2.24) is 25.0 Å². The third-order valence-corrected chi connectivity index (χ3v) is 7.82. The van der Waals surface area contributed by atoms with E-state index in [-0.39, 0.29) is 11.8 Å². The van der Waals surface area contributed by atoms with Gasteiger partial charge in [0, 0.05) is 49.7 Å². The van der Waals surface area contributed by atoms with Crippen LogP contribution in [0.5, 0.6) is 5.75 Å². The van der Waals surface area contributed by atoms with Gasteiger partial charge in [0.15, 0.2) is 0 Å². The summed E-state index contributed by atoms with van der Waals surface area (Å²) in [7, 11) is 0. The molecule has 2 N–H and O–H groups in total. The average Bonchev–Trinajstić information content (AvgIpc) is 3.61. The molecule has 0 saturated carbocycles. The molecule has 1 saturated heterocycles. The molecule has 0 bridgehead atoms. The van der Waals surface area contributed by atoms with E-state index in [2.05, 4.69) is 55.1 Å². The van der Waals surface area contributed by atoms with Crippen LogP contribution in [0.15, 0.2) is 42.6 Å². The Bertz CT molecular complexity index is 1100. The monoisotopic (exact) mass is 525 g/mol. The Morgan fingerprint density at radius 1 is 1.08 bits per heavy atom. The number of nitrogens with one attached hydrogen (secondary N) is 2. The molecular formula is C27H39N7O2S. The van der Waals surface area contributed by atoms with E-state index in [4.69, 9.17) is 4.74 Å². The first kappa shape index (κ1) is 26.9. The molecule has 3 aromatic rings. The fraction of sp³-hybridized carbons (Fsp3) is 0.519. The van der Waals surface area contributed by atoms with Crippen LogP contribution in [0.4, 0.5) is 10.8 Å². The molecule has 2 aromatic heterocycles. The van der Waals surface area contributed by atoms with Crippen LogP contribution in [0.1, 0.15) is 39.3 Å². The Morgan fingerprint density at radius 3 is 2.51 bits per heavy atom. The maximum atomic E-state index is 12.6. The van der Waals surface area contributed by atoms with Gasteiger partial charge in [-0.1, -0.05) is 25.2 Å². The summed E-state index contributed by atoms with van der Waals surface area (Å²) in [6, 6.07) is 12.1. The Hall–Kier alpha value is -3.11. The number of hydrogen-bond donors (Lipinski definition) is 2. The minimum atomic E-state index is 0.0741. The van der Waals surface area contributed by atoms with Crippen molar-refractivity contribution in [3.05, 3.63) is 48.3 Å². The van der Waals surface area contributed by atoms with Crippen LogP contribution in [0.2, 0.25) is 0 Å². The Kier molecular flexibility index (Phi) is 9.78. The summed E-state index contributed by atoms with van der Waals surface area (Å²) >= 11 is 1.59. The standard InChI is InChI=1S/C27H39N7O2S/c1-4-32(5-2)19-15-28-25(35)21-13-17-33(18-14-21)26-30-31-27(37-26)34-16-7-8-23(34)20-29-22-9-11-24(12-10-22)36-6-3/h7-12,16,21,29H,4-6,13-15,17-20H2,1-3H3,(H,28,35). The van der Waals surface area contributed by atoms with Gasteiger partial charge in [-0.25, -0.2) is 0 Å². The second-order valence-corrected chi connectivity index (χ2v) is 10.1. The van der Waals surface area contributed by atoms with Gasteiger partial charge in [-0.15, -0.1) is 10.2 Å². The van der Waals surface area contributed by atoms with Gasteiger partial charge in [0.05, 0.1) is 13.2 Å². The van der Waals surface area contributed by atoms with Crippen LogP contribution in [0.25, 0.3) is 5.13 Å². The molecule has 0 spiro atoms. The average molecular weight is 526 g/mol. The third kappa shape index (κ3) is 7.23. The number of ether oxygens (including phenoxy) is 1. The summed E-state index contributed by atoms with van der Waals surface area (Å²) in [4.78, 5) is 17.2. The SMILES string of the molecule is CCOc1ccc(NCc2cccn2-c2nnc(N3CCC(C(=O)NCCN(CC)CC)CC3)s2)cc1. The van der Waals surface area contributed by atoms with E-state index in [0.29, 0.717) is 19.7 Å². The number of anilines is 2. The zero-order valence-corrected chi connectivity index (χ0v) is 23.0. The molecule has 1 fully saturated rings. The predicted octanol–water partition coefficient (Wildman–Crippen LogP) is 4.01. The highest BCUT2D eigenvalue weighted by atomic mass is 32.1. The van der Waals surface area contributed by atoms with Gasteiger partial charge in [0.1, 0.15) is 5.75 Å². The van der Waals surface area contributed by atoms with Crippen molar-refractivity contribution in [2.24, 2.45) is 5.92 Å². The van der Waals surface area contributed by atoms with Gasteiger partial charge >= 0.3 is 0 Å². The van der Waals surface area contributed by atoms with Gasteiger partial charge in [0.2, 0.25) is 16.2 Å². The fourth-order valence-corrected chi connectivity index (χ4v) is 5.48. The fourth-order valence-electron chi connectivity index (χ4n) is 4.56. The highest BCUT2D eigenvalue weighted by Crippen LogP contribution is 2.29. The number of carbonyl (C=O) groups excluding carboxylic acids is 1. The number of nitrogens with zero attached hydrogens (tertiary/aromatic N) is 5. The molecule has 1 amide bonds. The minimum Gasteiger partial charge on any atom is -0.494 e. The molecule has 1 aromatic carbocycles. The minimum absolute atomic E-state index is 0.0741. The van der Waals surface area contributed by atoms with Crippen LogP contribution < -0.4 is 20.3 Å². The quantitative estimate of drug-likeness (QED) is 0.349. The molecule has 4 rings (SSSR count). The van der Waals surface area contributed by atoms with E-state index in [1.807, 2.05) is 43.5 Å². The van der Waals surface area contributed by atoms with Crippen LogP contribution in [0.3, 0.4) is 0 Å². The van der Waals surface area contributed by atoms with E-state index in [1.165, 1.54) is 0 Å². The maximum absolute atomic E-state index is 12.6. The smallest absolute Gasteiger partial charge is 0.223 e. The summed E-state index contributed by atoms with van der Waals surface area (Å²) in [5.41, 5.74) is 2.14. The van der Waals surface area contributed by atoms with E-state index in [0.717, 1.165) is 73.0 Å². The molecule has 37 heavy (non-hydrogen) atoms. The van der Waals surface area contributed by atoms with Gasteiger partial charge in [-0.2, -0.15) is 0 Å². The maximum Gasteiger partial charge on any atom is 0.223 e. The number of likely N-dealkylation sites (N-methyl/N-ethyl adjacent to an activating group) is 1. The number of aromatic nitrogens is 3. The normalized spacial score (nSPS) is 14.2. The zero-order valence-electron chi connectivity index (χ0n) is 22.2. The second-order valence-electron chi connectivity index (χ2n) is 9.13. The highest BCUT2D eigenvalue weighted by Gasteiger charge is 2.26. The van der Waals surface area contributed by atoms with Gasteiger partial charge < -0.3 is 25.2 Å². The van der Waals surface area contributed by atoms with Crippen molar-refractivity contribution in [3.8, 4) is 10.9 Å². The largest absolute Gasteiger partial charge is 0.494 e. The lowest BCUT2D eigenvalue weighted by Gasteiger charge is -2.30. The van der Waals surface area contributed by atoms with Crippen LogP contribution in [-0.4, -0.2) is 71.4 Å². The molecule has 0 unspecified atom stereocenters. The van der Waals surface area contributed by atoms with E-state index < -0.39 is 0 Å². The Labute approximate surface area is 223 Å². The van der Waals surface area contributed by atoms with E-state index >= 15 is 0 Å². The first-order chi connectivity index (χ1) is 18.1. The molecule has 0 atom stereocenters. The van der Waals surface area contributed by atoms with E-state index in [1.54, 1.807) is 11.3 Å². The van der Waals surface area contributed by atoms with Gasteiger partial charge in [-0.05, 0) is 69.3 Å². The van der Waals surface area contributed by atoms with Gasteiger partial charge in [-0.3, -0.25) is 9.36 Å². The molecule has 1 aliphatic heterocycles. The Balaban J connectivity index is 1.27. The number of amides is 1. The summed E-state index contributed by atoms with van der Waals surface area (Å²) in [6.45, 7) is 12.9. The molecule has 200 valence electrons. The Morgan fingerprint density at radius 2 is 1.81 bits per heavy atom. The number of rotatable bonds is 13. The molecule has 0 aliphatic carbocycles. The summed E-state index contributed by atoms with van der Waals surface area (Å²) in [5, 5.41) is 17.3. The van der Waals surface area contributed by atoms with E-state index in [9.17, 15) is 4.79 Å². The highest BCUT2D eigenvalue weighted by molar-refractivity contribution is 7.17. The molecule has 10 heteroatoms.